The molecule has 0 atom stereocenters. The third kappa shape index (κ3) is 1.42. The van der Waals surface area contributed by atoms with Crippen molar-refractivity contribution in [1.29, 1.82) is 0 Å². The molecule has 2 aromatic heterocycles. The predicted molar refractivity (Wildman–Crippen MR) is 43.9 cm³/mol. The molecule has 7 nitrogen and oxygen atoms in total. The summed E-state index contributed by atoms with van der Waals surface area (Å²) in [6.45, 7) is 0. The first kappa shape index (κ1) is 8.30. The molecule has 0 saturated heterocycles. The Balaban J connectivity index is 2.46. The lowest BCUT2D eigenvalue weighted by atomic mass is 10.3. The maximum absolute atomic E-state index is 10.6. The highest BCUT2D eigenvalue weighted by Gasteiger charge is 2.05. The smallest absolute Gasteiger partial charge is 0.335 e. The zero-order valence-corrected chi connectivity index (χ0v) is 6.90. The van der Waals surface area contributed by atoms with Crippen LogP contribution in [0, 0.1) is 0 Å². The molecule has 14 heavy (non-hydrogen) atoms. The third-order valence-corrected chi connectivity index (χ3v) is 1.58. The van der Waals surface area contributed by atoms with E-state index in [4.69, 9.17) is 5.11 Å². The lowest BCUT2D eigenvalue weighted by molar-refractivity contribution is 0.0696. The molecule has 0 radical (unpaired) electrons. The normalized spacial score (nSPS) is 10.0. The van der Waals surface area contributed by atoms with Crippen LogP contribution in [0.3, 0.4) is 0 Å². The fraction of sp³-hybridized carbons (Fsp3) is 0. The molecule has 0 bridgehead atoms. The summed E-state index contributed by atoms with van der Waals surface area (Å²) in [5, 5.41) is 19.1. The van der Waals surface area contributed by atoms with Crippen molar-refractivity contribution >= 4 is 5.97 Å². The number of aromatic carboxylic acids is 1. The summed E-state index contributed by atoms with van der Waals surface area (Å²) in [6, 6.07) is 2.79. The maximum atomic E-state index is 10.6. The molecule has 0 aliphatic heterocycles. The van der Waals surface area contributed by atoms with E-state index in [9.17, 15) is 4.79 Å². The van der Waals surface area contributed by atoms with Crippen LogP contribution in [0.5, 0.6) is 0 Å². The van der Waals surface area contributed by atoms with E-state index in [1.165, 1.54) is 29.3 Å². The van der Waals surface area contributed by atoms with Crippen LogP contribution in [0.25, 0.3) is 5.82 Å². The Kier molecular flexibility index (Phi) is 1.90. The molecule has 2 heterocycles. The van der Waals surface area contributed by atoms with Gasteiger partial charge in [-0.15, -0.1) is 5.10 Å². The molecule has 0 fully saturated rings. The largest absolute Gasteiger partial charge is 0.478 e. The Morgan fingerprint density at radius 3 is 3.00 bits per heavy atom. The van der Waals surface area contributed by atoms with Crippen LogP contribution in [0.2, 0.25) is 0 Å². The van der Waals surface area contributed by atoms with Crippen molar-refractivity contribution in [3.05, 3.63) is 30.2 Å². The van der Waals surface area contributed by atoms with E-state index in [0.29, 0.717) is 5.82 Å². The van der Waals surface area contributed by atoms with Gasteiger partial charge in [-0.1, -0.05) is 0 Å². The topological polar surface area (TPSA) is 93.8 Å². The standard InChI is InChI=1S/C7H5N5O2/c13-7(14)5-1-2-8-6(3-5)12-4-9-10-11-12/h1-4H,(H,13,14). The number of tetrazole rings is 1. The molecular weight excluding hydrogens is 186 g/mol. The number of hydrogen-bond acceptors (Lipinski definition) is 5. The van der Waals surface area contributed by atoms with E-state index in [-0.39, 0.29) is 5.56 Å². The number of carboxylic acid groups (broad SMARTS) is 1. The van der Waals surface area contributed by atoms with Crippen LogP contribution in [0.1, 0.15) is 10.4 Å². The van der Waals surface area contributed by atoms with Crippen LogP contribution >= 0.6 is 0 Å². The second-order valence-electron chi connectivity index (χ2n) is 2.46. The molecular formula is C7H5N5O2. The molecule has 0 aromatic carbocycles. The molecule has 2 rings (SSSR count). The Morgan fingerprint density at radius 2 is 2.36 bits per heavy atom. The van der Waals surface area contributed by atoms with Crippen molar-refractivity contribution < 1.29 is 9.90 Å². The Hall–Kier alpha value is -2.31. The molecule has 0 unspecified atom stereocenters. The average molecular weight is 191 g/mol. The second kappa shape index (κ2) is 3.21. The van der Waals surface area contributed by atoms with E-state index in [0.717, 1.165) is 0 Å². The van der Waals surface area contributed by atoms with E-state index in [1.54, 1.807) is 0 Å². The molecule has 2 aromatic rings. The summed E-state index contributed by atoms with van der Waals surface area (Å²) in [5.41, 5.74) is 0.144. The number of hydrogen-bond donors (Lipinski definition) is 1. The van der Waals surface area contributed by atoms with Crippen molar-refractivity contribution in [2.75, 3.05) is 0 Å². The first-order valence-corrected chi connectivity index (χ1v) is 3.70. The van der Waals surface area contributed by atoms with Crippen molar-refractivity contribution in [3.8, 4) is 5.82 Å². The Bertz CT molecular complexity index is 453. The summed E-state index contributed by atoms with van der Waals surface area (Å²) < 4.78 is 1.28. The van der Waals surface area contributed by atoms with Gasteiger partial charge in [-0.2, -0.15) is 4.68 Å². The van der Waals surface area contributed by atoms with E-state index < -0.39 is 5.97 Å². The van der Waals surface area contributed by atoms with Crippen molar-refractivity contribution in [2.45, 2.75) is 0 Å². The Labute approximate surface area is 78.0 Å². The number of nitrogens with zero attached hydrogens (tertiary/aromatic N) is 5. The van der Waals surface area contributed by atoms with Crippen molar-refractivity contribution in [3.63, 3.8) is 0 Å². The van der Waals surface area contributed by atoms with Gasteiger partial charge in [0.1, 0.15) is 6.33 Å². The average Bonchev–Trinajstić information content (AvgIpc) is 2.71. The molecule has 1 N–H and O–H groups in total. The van der Waals surface area contributed by atoms with Crippen LogP contribution < -0.4 is 0 Å². The van der Waals surface area contributed by atoms with Crippen LogP contribution in [0.4, 0.5) is 0 Å². The fourth-order valence-electron chi connectivity index (χ4n) is 0.943. The van der Waals surface area contributed by atoms with Gasteiger partial charge in [0.15, 0.2) is 5.82 Å². The molecule has 0 amide bonds. The number of carbonyl (C=O) groups is 1. The van der Waals surface area contributed by atoms with E-state index in [2.05, 4.69) is 20.5 Å². The minimum absolute atomic E-state index is 0.144. The van der Waals surface area contributed by atoms with Crippen LogP contribution in [-0.2, 0) is 0 Å². The maximum Gasteiger partial charge on any atom is 0.335 e. The van der Waals surface area contributed by atoms with Gasteiger partial charge < -0.3 is 5.11 Å². The minimum atomic E-state index is -1.01. The zero-order valence-electron chi connectivity index (χ0n) is 6.90. The third-order valence-electron chi connectivity index (χ3n) is 1.58. The minimum Gasteiger partial charge on any atom is -0.478 e. The molecule has 70 valence electrons. The molecule has 0 saturated carbocycles. The first-order chi connectivity index (χ1) is 6.77. The SMILES string of the molecule is O=C(O)c1ccnc(-n2cnnn2)c1. The van der Waals surface area contributed by atoms with Crippen molar-refractivity contribution in [2.24, 2.45) is 0 Å². The number of carboxylic acids is 1. The lowest BCUT2D eigenvalue weighted by Crippen LogP contribution is -2.02. The van der Waals surface area contributed by atoms with Gasteiger partial charge >= 0.3 is 5.97 Å². The highest BCUT2D eigenvalue weighted by Crippen LogP contribution is 2.04. The second-order valence-corrected chi connectivity index (χ2v) is 2.46. The highest BCUT2D eigenvalue weighted by atomic mass is 16.4. The number of aromatic nitrogens is 5. The molecule has 0 aliphatic rings. The first-order valence-electron chi connectivity index (χ1n) is 3.70. The molecule has 7 heteroatoms. The van der Waals surface area contributed by atoms with Gasteiger partial charge in [-0.05, 0) is 22.6 Å². The Morgan fingerprint density at radius 1 is 1.50 bits per heavy atom. The number of pyridine rings is 1. The van der Waals surface area contributed by atoms with Crippen LogP contribution in [-0.4, -0.2) is 36.3 Å². The van der Waals surface area contributed by atoms with E-state index in [1.807, 2.05) is 0 Å². The number of rotatable bonds is 2. The summed E-state index contributed by atoms with van der Waals surface area (Å²) in [6.07, 6.45) is 2.73. The monoisotopic (exact) mass is 191 g/mol. The van der Waals surface area contributed by atoms with Gasteiger partial charge in [-0.25, -0.2) is 9.78 Å². The summed E-state index contributed by atoms with van der Waals surface area (Å²) in [5.74, 6) is -0.642. The fourth-order valence-corrected chi connectivity index (χ4v) is 0.943. The molecule has 0 spiro atoms. The van der Waals surface area contributed by atoms with Crippen LogP contribution in [0.15, 0.2) is 24.7 Å². The summed E-state index contributed by atoms with van der Waals surface area (Å²) in [7, 11) is 0. The van der Waals surface area contributed by atoms with Gasteiger partial charge in [0.2, 0.25) is 0 Å². The molecule has 0 aliphatic carbocycles. The predicted octanol–water partition coefficient (Wildman–Crippen LogP) is -0.245. The van der Waals surface area contributed by atoms with Gasteiger partial charge in [0.05, 0.1) is 5.56 Å². The van der Waals surface area contributed by atoms with Gasteiger partial charge in [0.25, 0.3) is 0 Å². The van der Waals surface area contributed by atoms with Gasteiger partial charge in [-0.3, -0.25) is 0 Å². The van der Waals surface area contributed by atoms with Crippen molar-refractivity contribution in [1.82, 2.24) is 25.2 Å². The highest BCUT2D eigenvalue weighted by molar-refractivity contribution is 5.87. The summed E-state index contributed by atoms with van der Waals surface area (Å²) >= 11 is 0. The quantitative estimate of drug-likeness (QED) is 0.703. The summed E-state index contributed by atoms with van der Waals surface area (Å²) in [4.78, 5) is 14.6. The lowest BCUT2D eigenvalue weighted by Gasteiger charge is -1.98. The van der Waals surface area contributed by atoms with E-state index >= 15 is 0 Å². The zero-order chi connectivity index (χ0) is 9.97. The van der Waals surface area contributed by atoms with Gasteiger partial charge in [0, 0.05) is 6.20 Å².